The summed E-state index contributed by atoms with van der Waals surface area (Å²) in [4.78, 5) is 2.27. The van der Waals surface area contributed by atoms with E-state index in [0.29, 0.717) is 6.04 Å². The lowest BCUT2D eigenvalue weighted by molar-refractivity contribution is 0.503. The molecule has 0 aliphatic carbocycles. The molecule has 2 aromatic rings. The number of rotatable bonds is 1. The first kappa shape index (κ1) is 13.5. The third kappa shape index (κ3) is 2.43. The summed E-state index contributed by atoms with van der Waals surface area (Å²) in [6.07, 6.45) is 1.99. The summed E-state index contributed by atoms with van der Waals surface area (Å²) >= 11 is 1.45. The van der Waals surface area contributed by atoms with Crippen LogP contribution in [0.4, 0.5) is 9.39 Å². The van der Waals surface area contributed by atoms with Gasteiger partial charge in [0, 0.05) is 24.5 Å². The lowest BCUT2D eigenvalue weighted by Gasteiger charge is -2.30. The van der Waals surface area contributed by atoms with E-state index in [1.54, 1.807) is 12.1 Å². The van der Waals surface area contributed by atoms with E-state index in [9.17, 15) is 4.39 Å². The molecule has 1 aromatic carbocycles. The summed E-state index contributed by atoms with van der Waals surface area (Å²) in [6, 6.07) is 5.07. The molecule has 3 rings (SSSR count). The van der Waals surface area contributed by atoms with Crippen molar-refractivity contribution < 1.29 is 4.39 Å². The molecule has 6 heteroatoms. The summed E-state index contributed by atoms with van der Waals surface area (Å²) in [5.41, 5.74) is 6.76. The van der Waals surface area contributed by atoms with Crippen LogP contribution in [0.25, 0.3) is 10.9 Å². The minimum absolute atomic E-state index is 0. The first-order valence-electron chi connectivity index (χ1n) is 5.79. The van der Waals surface area contributed by atoms with Crippen LogP contribution in [0.5, 0.6) is 0 Å². The SMILES string of the molecule is Cl.NC1CCN(c2snc3ccc(F)cc23)CC1. The Kier molecular flexibility index (Phi) is 4.04. The average molecular weight is 288 g/mol. The van der Waals surface area contributed by atoms with Crippen LogP contribution in [-0.2, 0) is 0 Å². The van der Waals surface area contributed by atoms with E-state index in [1.807, 2.05) is 0 Å². The number of benzene rings is 1. The second-order valence-corrected chi connectivity index (χ2v) is 5.23. The summed E-state index contributed by atoms with van der Waals surface area (Å²) in [5, 5.41) is 2.00. The van der Waals surface area contributed by atoms with Crippen LogP contribution in [0.1, 0.15) is 12.8 Å². The fraction of sp³-hybridized carbons (Fsp3) is 0.417. The first-order valence-corrected chi connectivity index (χ1v) is 6.57. The van der Waals surface area contributed by atoms with Gasteiger partial charge in [0.15, 0.2) is 0 Å². The minimum Gasteiger partial charge on any atom is -0.362 e. The molecule has 98 valence electrons. The van der Waals surface area contributed by atoms with Crippen molar-refractivity contribution in [3.8, 4) is 0 Å². The van der Waals surface area contributed by atoms with Crippen LogP contribution < -0.4 is 10.6 Å². The number of halogens is 2. The quantitative estimate of drug-likeness (QED) is 0.877. The Hall–Kier alpha value is -0.910. The zero-order valence-electron chi connectivity index (χ0n) is 9.80. The molecule has 3 nitrogen and oxygen atoms in total. The van der Waals surface area contributed by atoms with Gasteiger partial charge < -0.3 is 10.6 Å². The van der Waals surface area contributed by atoms with Gasteiger partial charge in [0.2, 0.25) is 0 Å². The Morgan fingerprint density at radius 3 is 2.78 bits per heavy atom. The molecule has 1 aromatic heterocycles. The maximum Gasteiger partial charge on any atom is 0.124 e. The topological polar surface area (TPSA) is 42.1 Å². The highest BCUT2D eigenvalue weighted by molar-refractivity contribution is 7.11. The van der Waals surface area contributed by atoms with Gasteiger partial charge in [-0.25, -0.2) is 4.39 Å². The number of piperidine rings is 1. The highest BCUT2D eigenvalue weighted by Crippen LogP contribution is 2.33. The van der Waals surface area contributed by atoms with Crippen LogP contribution in [0, 0.1) is 5.82 Å². The highest BCUT2D eigenvalue weighted by Gasteiger charge is 2.20. The summed E-state index contributed by atoms with van der Waals surface area (Å²) in [7, 11) is 0. The van der Waals surface area contributed by atoms with Crippen molar-refractivity contribution in [2.45, 2.75) is 18.9 Å². The maximum absolute atomic E-state index is 13.3. The molecule has 0 bridgehead atoms. The van der Waals surface area contributed by atoms with E-state index in [4.69, 9.17) is 5.73 Å². The van der Waals surface area contributed by atoms with Crippen molar-refractivity contribution in [1.82, 2.24) is 4.37 Å². The minimum atomic E-state index is -0.201. The number of nitrogens with two attached hydrogens (primary N) is 1. The second-order valence-electron chi connectivity index (χ2n) is 4.47. The van der Waals surface area contributed by atoms with Gasteiger partial charge in [0.25, 0.3) is 0 Å². The zero-order valence-corrected chi connectivity index (χ0v) is 11.4. The molecule has 18 heavy (non-hydrogen) atoms. The standard InChI is InChI=1S/C12H14FN3S.ClH/c13-8-1-2-11-10(7-8)12(17-15-11)16-5-3-9(14)4-6-16;/h1-2,7,9H,3-6,14H2;1H. The third-order valence-electron chi connectivity index (χ3n) is 3.25. The Labute approximate surface area is 115 Å². The van der Waals surface area contributed by atoms with Gasteiger partial charge in [-0.2, -0.15) is 4.37 Å². The van der Waals surface area contributed by atoms with Crippen molar-refractivity contribution in [3.63, 3.8) is 0 Å². The number of hydrogen-bond acceptors (Lipinski definition) is 4. The van der Waals surface area contributed by atoms with Gasteiger partial charge in [-0.05, 0) is 42.6 Å². The third-order valence-corrected chi connectivity index (χ3v) is 4.19. The summed E-state index contributed by atoms with van der Waals surface area (Å²) in [6.45, 7) is 1.88. The van der Waals surface area contributed by atoms with Gasteiger partial charge in [-0.1, -0.05) is 0 Å². The van der Waals surface area contributed by atoms with Crippen LogP contribution >= 0.6 is 23.9 Å². The van der Waals surface area contributed by atoms with Crippen molar-refractivity contribution in [2.24, 2.45) is 5.73 Å². The van der Waals surface area contributed by atoms with Crippen molar-refractivity contribution in [1.29, 1.82) is 0 Å². The predicted octanol–water partition coefficient (Wildman–Crippen LogP) is 2.78. The summed E-state index contributed by atoms with van der Waals surface area (Å²) in [5.74, 6) is -0.201. The molecule has 1 aliphatic rings. The molecule has 0 atom stereocenters. The van der Waals surface area contributed by atoms with Crippen LogP contribution in [-0.4, -0.2) is 23.5 Å². The van der Waals surface area contributed by atoms with E-state index in [-0.39, 0.29) is 18.2 Å². The van der Waals surface area contributed by atoms with E-state index < -0.39 is 0 Å². The van der Waals surface area contributed by atoms with Crippen LogP contribution in [0.15, 0.2) is 18.2 Å². The molecule has 0 unspecified atom stereocenters. The average Bonchev–Trinajstić information content (AvgIpc) is 2.73. The Morgan fingerprint density at radius 2 is 2.06 bits per heavy atom. The maximum atomic E-state index is 13.3. The van der Waals surface area contributed by atoms with Crippen LogP contribution in [0.2, 0.25) is 0 Å². The Morgan fingerprint density at radius 1 is 1.33 bits per heavy atom. The molecule has 2 N–H and O–H groups in total. The molecule has 2 heterocycles. The van der Waals surface area contributed by atoms with E-state index >= 15 is 0 Å². The van der Waals surface area contributed by atoms with Gasteiger partial charge >= 0.3 is 0 Å². The molecule has 0 saturated carbocycles. The number of nitrogens with zero attached hydrogens (tertiary/aromatic N) is 2. The van der Waals surface area contributed by atoms with Crippen LogP contribution in [0.3, 0.4) is 0 Å². The van der Waals surface area contributed by atoms with Gasteiger partial charge in [-0.3, -0.25) is 0 Å². The molecule has 0 radical (unpaired) electrons. The monoisotopic (exact) mass is 287 g/mol. The number of fused-ring (bicyclic) bond motifs is 1. The number of anilines is 1. The zero-order chi connectivity index (χ0) is 11.8. The molecule has 1 aliphatic heterocycles. The molecular formula is C12H15ClFN3S. The summed E-state index contributed by atoms with van der Waals surface area (Å²) < 4.78 is 17.6. The number of aromatic nitrogens is 1. The van der Waals surface area contributed by atoms with E-state index in [2.05, 4.69) is 9.27 Å². The number of hydrogen-bond donors (Lipinski definition) is 1. The van der Waals surface area contributed by atoms with Crippen molar-refractivity contribution >= 4 is 39.8 Å². The van der Waals surface area contributed by atoms with Gasteiger partial charge in [-0.15, -0.1) is 12.4 Å². The fourth-order valence-electron chi connectivity index (χ4n) is 2.23. The normalized spacial score (nSPS) is 16.9. The van der Waals surface area contributed by atoms with Crippen molar-refractivity contribution in [3.05, 3.63) is 24.0 Å². The smallest absolute Gasteiger partial charge is 0.124 e. The molecule has 0 spiro atoms. The largest absolute Gasteiger partial charge is 0.362 e. The Bertz CT molecular complexity index is 537. The predicted molar refractivity (Wildman–Crippen MR) is 76.2 cm³/mol. The van der Waals surface area contributed by atoms with Gasteiger partial charge in [0.1, 0.15) is 10.8 Å². The molecule has 0 amide bonds. The Balaban J connectivity index is 0.00000120. The fourth-order valence-corrected chi connectivity index (χ4v) is 3.14. The van der Waals surface area contributed by atoms with E-state index in [1.165, 1.54) is 17.6 Å². The van der Waals surface area contributed by atoms with E-state index in [0.717, 1.165) is 41.8 Å². The highest BCUT2D eigenvalue weighted by atomic mass is 35.5. The lowest BCUT2D eigenvalue weighted by atomic mass is 10.1. The van der Waals surface area contributed by atoms with Gasteiger partial charge in [0.05, 0.1) is 5.52 Å². The van der Waals surface area contributed by atoms with Crippen molar-refractivity contribution in [2.75, 3.05) is 18.0 Å². The lowest BCUT2D eigenvalue weighted by Crippen LogP contribution is -2.39. The molecular weight excluding hydrogens is 273 g/mol. The molecule has 1 fully saturated rings. The molecule has 1 saturated heterocycles. The first-order chi connectivity index (χ1) is 8.24. The second kappa shape index (κ2) is 5.38.